The van der Waals surface area contributed by atoms with Crippen molar-refractivity contribution < 1.29 is 14.3 Å². The molecule has 0 saturated carbocycles. The van der Waals surface area contributed by atoms with E-state index in [4.69, 9.17) is 16.3 Å². The van der Waals surface area contributed by atoms with E-state index in [0.29, 0.717) is 23.8 Å². The van der Waals surface area contributed by atoms with Crippen LogP contribution in [0.2, 0.25) is 5.02 Å². The summed E-state index contributed by atoms with van der Waals surface area (Å²) in [6.45, 7) is 0.603. The number of carbonyl (C=O) groups is 2. The molecule has 7 heteroatoms. The van der Waals surface area contributed by atoms with Gasteiger partial charge in [0.25, 0.3) is 5.91 Å². The highest BCUT2D eigenvalue weighted by atomic mass is 35.5. The van der Waals surface area contributed by atoms with Gasteiger partial charge in [-0.3, -0.25) is 14.5 Å². The average molecular weight is 326 g/mol. The Morgan fingerprint density at radius 1 is 1.50 bits per heavy atom. The van der Waals surface area contributed by atoms with Gasteiger partial charge >= 0.3 is 0 Å². The van der Waals surface area contributed by atoms with Crippen molar-refractivity contribution in [3.05, 3.63) is 23.4 Å². The highest BCUT2D eigenvalue weighted by Gasteiger charge is 2.29. The van der Waals surface area contributed by atoms with Gasteiger partial charge in [0.05, 0.1) is 5.02 Å². The predicted molar refractivity (Wildman–Crippen MR) is 83.9 cm³/mol. The molecule has 1 unspecified atom stereocenters. The van der Waals surface area contributed by atoms with Crippen LogP contribution in [0.4, 0.5) is 5.82 Å². The monoisotopic (exact) mass is 325 g/mol. The third-order valence-electron chi connectivity index (χ3n) is 3.77. The predicted octanol–water partition coefficient (Wildman–Crippen LogP) is 1.73. The number of anilines is 1. The Morgan fingerprint density at radius 2 is 2.27 bits per heavy atom. The summed E-state index contributed by atoms with van der Waals surface area (Å²) in [5.74, 6) is 0.186. The average Bonchev–Trinajstić information content (AvgIpc) is 2.69. The Labute approximate surface area is 135 Å². The van der Waals surface area contributed by atoms with E-state index in [1.165, 1.54) is 18.2 Å². The van der Waals surface area contributed by atoms with E-state index in [1.54, 1.807) is 24.1 Å². The highest BCUT2D eigenvalue weighted by Crippen LogP contribution is 2.16. The van der Waals surface area contributed by atoms with Crippen molar-refractivity contribution in [3.8, 4) is 0 Å². The number of nitrogens with zero attached hydrogens (tertiary/aromatic N) is 3. The molecule has 2 rings (SSSR count). The fourth-order valence-electron chi connectivity index (χ4n) is 2.41. The van der Waals surface area contributed by atoms with Crippen molar-refractivity contribution in [1.29, 1.82) is 0 Å². The van der Waals surface area contributed by atoms with Crippen LogP contribution in [0.3, 0.4) is 0 Å². The molecule has 1 aromatic rings. The maximum Gasteiger partial charge on any atom is 0.252 e. The third kappa shape index (κ3) is 3.96. The molecule has 1 aliphatic heterocycles. The molecule has 120 valence electrons. The number of likely N-dealkylation sites (tertiary alicyclic amines) is 1. The van der Waals surface area contributed by atoms with Gasteiger partial charge in [0.2, 0.25) is 5.91 Å². The standard InChI is InChI=1S/C15H20ClN3O3/c1-18(13-7-6-11(16)9-17-13)14(20)10-19-8-4-3-5-12(22-2)15(19)21/h6-7,9,12H,3-5,8,10H2,1-2H3. The van der Waals surface area contributed by atoms with Gasteiger partial charge in [-0.1, -0.05) is 11.6 Å². The van der Waals surface area contributed by atoms with Crippen molar-refractivity contribution >= 4 is 29.2 Å². The lowest BCUT2D eigenvalue weighted by molar-refractivity contribution is -0.143. The van der Waals surface area contributed by atoms with Gasteiger partial charge < -0.3 is 9.64 Å². The van der Waals surface area contributed by atoms with Crippen molar-refractivity contribution in [1.82, 2.24) is 9.88 Å². The normalized spacial score (nSPS) is 19.0. The Balaban J connectivity index is 2.03. The van der Waals surface area contributed by atoms with E-state index in [2.05, 4.69) is 4.98 Å². The van der Waals surface area contributed by atoms with Crippen LogP contribution >= 0.6 is 11.6 Å². The SMILES string of the molecule is COC1CCCCN(CC(=O)N(C)c2ccc(Cl)cn2)C1=O. The fraction of sp³-hybridized carbons (Fsp3) is 0.533. The molecular weight excluding hydrogens is 306 g/mol. The minimum Gasteiger partial charge on any atom is -0.372 e. The highest BCUT2D eigenvalue weighted by molar-refractivity contribution is 6.30. The van der Waals surface area contributed by atoms with Crippen molar-refractivity contribution in [3.63, 3.8) is 0 Å². The Kier molecular flexibility index (Phi) is 5.74. The number of aromatic nitrogens is 1. The summed E-state index contributed by atoms with van der Waals surface area (Å²) in [5, 5.41) is 0.509. The summed E-state index contributed by atoms with van der Waals surface area (Å²) < 4.78 is 5.21. The number of hydrogen-bond donors (Lipinski definition) is 0. The number of rotatable bonds is 4. The molecule has 0 aromatic carbocycles. The van der Waals surface area contributed by atoms with E-state index >= 15 is 0 Å². The molecule has 6 nitrogen and oxygen atoms in total. The second-order valence-electron chi connectivity index (χ2n) is 5.27. The van der Waals surface area contributed by atoms with Gasteiger partial charge in [-0.05, 0) is 31.4 Å². The number of hydrogen-bond acceptors (Lipinski definition) is 4. The lowest BCUT2D eigenvalue weighted by Gasteiger charge is -2.25. The summed E-state index contributed by atoms with van der Waals surface area (Å²) in [7, 11) is 3.16. The van der Waals surface area contributed by atoms with E-state index < -0.39 is 6.10 Å². The molecule has 0 spiro atoms. The van der Waals surface area contributed by atoms with E-state index in [9.17, 15) is 9.59 Å². The largest absolute Gasteiger partial charge is 0.372 e. The topological polar surface area (TPSA) is 62.7 Å². The molecule has 1 aromatic heterocycles. The van der Waals surface area contributed by atoms with Gasteiger partial charge in [0.15, 0.2) is 0 Å². The molecule has 22 heavy (non-hydrogen) atoms. The summed E-state index contributed by atoms with van der Waals surface area (Å²) in [6, 6.07) is 3.34. The van der Waals surface area contributed by atoms with Gasteiger partial charge in [0, 0.05) is 26.9 Å². The number of pyridine rings is 1. The van der Waals surface area contributed by atoms with Crippen LogP contribution in [-0.4, -0.2) is 55.0 Å². The van der Waals surface area contributed by atoms with Gasteiger partial charge in [-0.15, -0.1) is 0 Å². The van der Waals surface area contributed by atoms with E-state index in [-0.39, 0.29) is 18.4 Å². The van der Waals surface area contributed by atoms with Crippen molar-refractivity contribution in [2.24, 2.45) is 0 Å². The molecule has 0 N–H and O–H groups in total. The minimum absolute atomic E-state index is 0.0273. The number of likely N-dealkylation sites (N-methyl/N-ethyl adjacent to an activating group) is 1. The number of amides is 2. The molecule has 1 aliphatic rings. The molecule has 0 bridgehead atoms. The molecule has 1 fully saturated rings. The molecule has 1 saturated heterocycles. The zero-order valence-corrected chi connectivity index (χ0v) is 13.5. The summed E-state index contributed by atoms with van der Waals surface area (Å²) in [5.41, 5.74) is 0. The van der Waals surface area contributed by atoms with Crippen LogP contribution in [0, 0.1) is 0 Å². The van der Waals surface area contributed by atoms with E-state index in [0.717, 1.165) is 12.8 Å². The first-order valence-electron chi connectivity index (χ1n) is 7.22. The second kappa shape index (κ2) is 7.56. The van der Waals surface area contributed by atoms with Gasteiger partial charge in [-0.2, -0.15) is 0 Å². The fourth-order valence-corrected chi connectivity index (χ4v) is 2.52. The van der Waals surface area contributed by atoms with Gasteiger partial charge in [-0.25, -0.2) is 4.98 Å². The van der Waals surface area contributed by atoms with Crippen LogP contribution in [0.15, 0.2) is 18.3 Å². The number of carbonyl (C=O) groups excluding carboxylic acids is 2. The molecular formula is C15H20ClN3O3. The van der Waals surface area contributed by atoms with Crippen LogP contribution in [-0.2, 0) is 14.3 Å². The Hall–Kier alpha value is -1.66. The van der Waals surface area contributed by atoms with Crippen LogP contribution in [0.5, 0.6) is 0 Å². The maximum atomic E-state index is 12.4. The second-order valence-corrected chi connectivity index (χ2v) is 5.70. The van der Waals surface area contributed by atoms with Gasteiger partial charge in [0.1, 0.15) is 18.5 Å². The molecule has 2 amide bonds. The van der Waals surface area contributed by atoms with Crippen molar-refractivity contribution in [2.75, 3.05) is 32.1 Å². The quantitative estimate of drug-likeness (QED) is 0.845. The number of halogens is 1. The summed E-state index contributed by atoms with van der Waals surface area (Å²) in [4.78, 5) is 31.8. The maximum absolute atomic E-state index is 12.4. The molecule has 2 heterocycles. The lowest BCUT2D eigenvalue weighted by Crippen LogP contribution is -2.45. The smallest absolute Gasteiger partial charge is 0.252 e. The zero-order valence-electron chi connectivity index (χ0n) is 12.8. The third-order valence-corrected chi connectivity index (χ3v) is 4.00. The summed E-state index contributed by atoms with van der Waals surface area (Å²) in [6.07, 6.45) is 3.53. The Bertz CT molecular complexity index is 535. The van der Waals surface area contributed by atoms with E-state index in [1.807, 2.05) is 0 Å². The van der Waals surface area contributed by atoms with Crippen LogP contribution < -0.4 is 4.90 Å². The first-order valence-corrected chi connectivity index (χ1v) is 7.60. The number of ether oxygens (including phenoxy) is 1. The molecule has 0 aliphatic carbocycles. The first kappa shape index (κ1) is 16.7. The first-order chi connectivity index (χ1) is 10.5. The molecule has 1 atom stereocenters. The minimum atomic E-state index is -0.450. The van der Waals surface area contributed by atoms with Crippen LogP contribution in [0.1, 0.15) is 19.3 Å². The molecule has 0 radical (unpaired) electrons. The van der Waals surface area contributed by atoms with Crippen molar-refractivity contribution in [2.45, 2.75) is 25.4 Å². The number of methoxy groups -OCH3 is 1. The zero-order chi connectivity index (χ0) is 16.1. The van der Waals surface area contributed by atoms with Crippen LogP contribution in [0.25, 0.3) is 0 Å². The summed E-state index contributed by atoms with van der Waals surface area (Å²) >= 11 is 5.79. The Morgan fingerprint density at radius 3 is 2.91 bits per heavy atom. The lowest BCUT2D eigenvalue weighted by atomic mass is 10.2.